The molecule has 0 radical (unpaired) electrons. The summed E-state index contributed by atoms with van der Waals surface area (Å²) in [5.41, 5.74) is 1.18. The zero-order valence-corrected chi connectivity index (χ0v) is 15.3. The summed E-state index contributed by atoms with van der Waals surface area (Å²) < 4.78 is 6.97. The van der Waals surface area contributed by atoms with Gasteiger partial charge in [0.25, 0.3) is 5.91 Å². The number of anilines is 1. The SMILES string of the molecule is Cc1occc1C(=O)N1CC[C@@]2(C1)CN(c1cnn(C)c1)C(=O)CN2C. The molecular formula is C18H23N5O3. The van der Waals surface area contributed by atoms with Gasteiger partial charge in [-0.1, -0.05) is 0 Å². The molecule has 2 aliphatic heterocycles. The molecule has 0 aliphatic carbocycles. The zero-order chi connectivity index (χ0) is 18.5. The fourth-order valence-electron chi connectivity index (χ4n) is 3.99. The normalized spacial score (nSPS) is 24.0. The van der Waals surface area contributed by atoms with Crippen molar-refractivity contribution in [3.63, 3.8) is 0 Å². The number of carbonyl (C=O) groups excluding carboxylic acids is 2. The van der Waals surface area contributed by atoms with E-state index in [4.69, 9.17) is 4.42 Å². The summed E-state index contributed by atoms with van der Waals surface area (Å²) in [4.78, 5) is 31.1. The molecule has 1 atom stereocenters. The predicted molar refractivity (Wildman–Crippen MR) is 94.9 cm³/mol. The smallest absolute Gasteiger partial charge is 0.257 e. The minimum atomic E-state index is -0.239. The Balaban J connectivity index is 1.57. The van der Waals surface area contributed by atoms with E-state index in [9.17, 15) is 9.59 Å². The van der Waals surface area contributed by atoms with Crippen LogP contribution in [0.3, 0.4) is 0 Å². The van der Waals surface area contributed by atoms with Crippen LogP contribution in [0.1, 0.15) is 22.5 Å². The molecule has 2 aliphatic rings. The van der Waals surface area contributed by atoms with E-state index in [1.54, 1.807) is 35.0 Å². The molecule has 8 nitrogen and oxygen atoms in total. The molecule has 4 rings (SSSR count). The first-order chi connectivity index (χ1) is 12.4. The minimum absolute atomic E-state index is 0.00801. The lowest BCUT2D eigenvalue weighted by molar-refractivity contribution is -0.123. The summed E-state index contributed by atoms with van der Waals surface area (Å²) in [6, 6.07) is 1.72. The molecule has 2 amide bonds. The molecule has 0 bridgehead atoms. The average molecular weight is 357 g/mol. The summed E-state index contributed by atoms with van der Waals surface area (Å²) in [5, 5.41) is 4.18. The molecule has 0 N–H and O–H groups in total. The second-order valence-electron chi connectivity index (χ2n) is 7.30. The van der Waals surface area contributed by atoms with Crippen LogP contribution in [0, 0.1) is 6.92 Å². The van der Waals surface area contributed by atoms with Crippen molar-refractivity contribution < 1.29 is 14.0 Å². The highest BCUT2D eigenvalue weighted by Crippen LogP contribution is 2.34. The second-order valence-corrected chi connectivity index (χ2v) is 7.30. The van der Waals surface area contributed by atoms with Crippen LogP contribution in [0.4, 0.5) is 5.69 Å². The maximum atomic E-state index is 12.8. The molecule has 26 heavy (non-hydrogen) atoms. The monoisotopic (exact) mass is 357 g/mol. The highest BCUT2D eigenvalue weighted by molar-refractivity contribution is 5.97. The largest absolute Gasteiger partial charge is 0.469 e. The average Bonchev–Trinajstić information content (AvgIpc) is 3.31. The Labute approximate surface area is 151 Å². The third kappa shape index (κ3) is 2.61. The molecule has 8 heteroatoms. The molecule has 2 fully saturated rings. The van der Waals surface area contributed by atoms with Crippen molar-refractivity contribution in [1.29, 1.82) is 0 Å². The Morgan fingerprint density at radius 2 is 2.12 bits per heavy atom. The maximum absolute atomic E-state index is 12.8. The van der Waals surface area contributed by atoms with Gasteiger partial charge in [-0.25, -0.2) is 0 Å². The first kappa shape index (κ1) is 16.8. The van der Waals surface area contributed by atoms with Gasteiger partial charge in [0, 0.05) is 32.9 Å². The van der Waals surface area contributed by atoms with Gasteiger partial charge in [-0.3, -0.25) is 19.2 Å². The number of likely N-dealkylation sites (N-methyl/N-ethyl adjacent to an activating group) is 1. The van der Waals surface area contributed by atoms with E-state index in [2.05, 4.69) is 10.00 Å². The topological polar surface area (TPSA) is 74.8 Å². The van der Waals surface area contributed by atoms with Gasteiger partial charge in [0.15, 0.2) is 0 Å². The van der Waals surface area contributed by atoms with Crippen LogP contribution < -0.4 is 4.90 Å². The van der Waals surface area contributed by atoms with Crippen molar-refractivity contribution in [2.45, 2.75) is 18.9 Å². The molecule has 138 valence electrons. The fourth-order valence-corrected chi connectivity index (χ4v) is 3.99. The number of hydrogen-bond acceptors (Lipinski definition) is 5. The van der Waals surface area contributed by atoms with E-state index in [0.29, 0.717) is 37.5 Å². The van der Waals surface area contributed by atoms with Crippen LogP contribution in [0.15, 0.2) is 29.1 Å². The third-order valence-electron chi connectivity index (χ3n) is 5.65. The van der Waals surface area contributed by atoms with Gasteiger partial charge >= 0.3 is 0 Å². The summed E-state index contributed by atoms with van der Waals surface area (Å²) in [6.45, 7) is 3.96. The van der Waals surface area contributed by atoms with E-state index < -0.39 is 0 Å². The third-order valence-corrected chi connectivity index (χ3v) is 5.65. The highest BCUT2D eigenvalue weighted by Gasteiger charge is 2.49. The van der Waals surface area contributed by atoms with Gasteiger partial charge in [-0.2, -0.15) is 5.10 Å². The van der Waals surface area contributed by atoms with Gasteiger partial charge in [-0.15, -0.1) is 0 Å². The van der Waals surface area contributed by atoms with Crippen LogP contribution in [0.5, 0.6) is 0 Å². The van der Waals surface area contributed by atoms with Gasteiger partial charge in [0.2, 0.25) is 5.91 Å². The quantitative estimate of drug-likeness (QED) is 0.798. The first-order valence-corrected chi connectivity index (χ1v) is 8.73. The number of furan rings is 1. The lowest BCUT2D eigenvalue weighted by atomic mass is 9.93. The van der Waals surface area contributed by atoms with Gasteiger partial charge in [0.1, 0.15) is 5.76 Å². The maximum Gasteiger partial charge on any atom is 0.257 e. The van der Waals surface area contributed by atoms with Gasteiger partial charge in [0.05, 0.1) is 35.8 Å². The van der Waals surface area contributed by atoms with Crippen LogP contribution in [-0.2, 0) is 11.8 Å². The van der Waals surface area contributed by atoms with E-state index in [0.717, 1.165) is 12.1 Å². The van der Waals surface area contributed by atoms with Crippen molar-refractivity contribution in [2.75, 3.05) is 38.1 Å². The molecule has 0 aromatic carbocycles. The van der Waals surface area contributed by atoms with Crippen molar-refractivity contribution in [3.05, 3.63) is 36.0 Å². The van der Waals surface area contributed by atoms with Gasteiger partial charge < -0.3 is 14.2 Å². The number of rotatable bonds is 2. The Hall–Kier alpha value is -2.61. The standard InChI is InChI=1S/C18H23N5O3/c1-13-15(4-7-26-13)17(25)22-6-5-18(11-22)12-23(16(24)10-20(18)2)14-8-19-21(3)9-14/h4,7-9H,5-6,10-12H2,1-3H3/t18-/m1/s1. The highest BCUT2D eigenvalue weighted by atomic mass is 16.3. The van der Waals surface area contributed by atoms with E-state index in [-0.39, 0.29) is 17.4 Å². The predicted octanol–water partition coefficient (Wildman–Crippen LogP) is 0.885. The summed E-state index contributed by atoms with van der Waals surface area (Å²) in [6.07, 6.45) is 5.94. The molecule has 2 aromatic heterocycles. The van der Waals surface area contributed by atoms with Crippen LogP contribution in [0.2, 0.25) is 0 Å². The van der Waals surface area contributed by atoms with E-state index in [1.807, 2.05) is 25.2 Å². The molecule has 4 heterocycles. The minimum Gasteiger partial charge on any atom is -0.469 e. The molecule has 2 aromatic rings. The summed E-state index contributed by atoms with van der Waals surface area (Å²) in [5.74, 6) is 0.688. The second kappa shape index (κ2) is 5.98. The molecule has 0 saturated carbocycles. The van der Waals surface area contributed by atoms with Crippen molar-refractivity contribution in [2.24, 2.45) is 7.05 Å². The Morgan fingerprint density at radius 1 is 1.31 bits per heavy atom. The van der Waals surface area contributed by atoms with Crippen LogP contribution in [-0.4, -0.2) is 70.2 Å². The van der Waals surface area contributed by atoms with Gasteiger partial charge in [-0.05, 0) is 26.5 Å². The number of piperazine rings is 1. The summed E-state index contributed by atoms with van der Waals surface area (Å²) in [7, 11) is 3.80. The fraction of sp³-hybridized carbons (Fsp3) is 0.500. The van der Waals surface area contributed by atoms with E-state index >= 15 is 0 Å². The first-order valence-electron chi connectivity index (χ1n) is 8.73. The Bertz CT molecular complexity index is 857. The van der Waals surface area contributed by atoms with E-state index in [1.165, 1.54) is 0 Å². The Kier molecular flexibility index (Phi) is 3.87. The van der Waals surface area contributed by atoms with Crippen molar-refractivity contribution in [3.8, 4) is 0 Å². The molecule has 2 saturated heterocycles. The van der Waals surface area contributed by atoms with Crippen LogP contribution >= 0.6 is 0 Å². The molecular weight excluding hydrogens is 334 g/mol. The number of nitrogens with zero attached hydrogens (tertiary/aromatic N) is 5. The number of aryl methyl sites for hydroxylation is 2. The number of amides is 2. The number of aromatic nitrogens is 2. The Morgan fingerprint density at radius 3 is 2.77 bits per heavy atom. The zero-order valence-electron chi connectivity index (χ0n) is 15.3. The number of carbonyl (C=O) groups is 2. The molecule has 1 spiro atoms. The molecule has 0 unspecified atom stereocenters. The lowest BCUT2D eigenvalue weighted by Gasteiger charge is -2.46. The van der Waals surface area contributed by atoms with Crippen molar-refractivity contribution >= 4 is 17.5 Å². The lowest BCUT2D eigenvalue weighted by Crippen LogP contribution is -2.64. The van der Waals surface area contributed by atoms with Crippen LogP contribution in [0.25, 0.3) is 0 Å². The van der Waals surface area contributed by atoms with Crippen molar-refractivity contribution in [1.82, 2.24) is 19.6 Å². The number of hydrogen-bond donors (Lipinski definition) is 0. The summed E-state index contributed by atoms with van der Waals surface area (Å²) >= 11 is 0. The number of likely N-dealkylation sites (tertiary alicyclic amines) is 1.